The van der Waals surface area contributed by atoms with Gasteiger partial charge in [-0.1, -0.05) is 0 Å². The second-order valence-corrected chi connectivity index (χ2v) is 3.24. The summed E-state index contributed by atoms with van der Waals surface area (Å²) in [5, 5.41) is 0. The zero-order chi connectivity index (χ0) is 11.4. The number of benzene rings is 1. The van der Waals surface area contributed by atoms with Crippen LogP contribution in [0.25, 0.3) is 0 Å². The topological polar surface area (TPSA) is 52.3 Å². The normalized spacial score (nSPS) is 10.1. The lowest BCUT2D eigenvalue weighted by atomic mass is 10.0. The number of hydrogen-bond acceptors (Lipinski definition) is 3. The van der Waals surface area contributed by atoms with Crippen LogP contribution in [0.3, 0.4) is 0 Å². The van der Waals surface area contributed by atoms with Crippen molar-refractivity contribution in [3.8, 4) is 5.75 Å². The third kappa shape index (κ3) is 2.53. The Bertz CT molecular complexity index is 377. The molecule has 82 valence electrons. The van der Waals surface area contributed by atoms with Gasteiger partial charge in [0, 0.05) is 23.6 Å². The number of carbonyl (C=O) groups is 1. The van der Waals surface area contributed by atoms with Crippen LogP contribution in [-0.4, -0.2) is 19.4 Å². The maximum absolute atomic E-state index is 13.1. The highest BCUT2D eigenvalue weighted by Crippen LogP contribution is 2.23. The molecule has 1 aromatic carbocycles. The molecule has 0 radical (unpaired) electrons. The molecular weight excluding hydrogens is 197 g/mol. The molecule has 15 heavy (non-hydrogen) atoms. The van der Waals surface area contributed by atoms with Gasteiger partial charge in [0.1, 0.15) is 11.6 Å². The summed E-state index contributed by atoms with van der Waals surface area (Å²) in [6.45, 7) is 1.99. The van der Waals surface area contributed by atoms with Crippen LogP contribution >= 0.6 is 0 Å². The zero-order valence-electron chi connectivity index (χ0n) is 8.84. The van der Waals surface area contributed by atoms with E-state index in [4.69, 9.17) is 10.5 Å². The molecule has 0 fully saturated rings. The van der Waals surface area contributed by atoms with Crippen molar-refractivity contribution in [2.45, 2.75) is 13.3 Å². The molecule has 0 aliphatic carbocycles. The maximum atomic E-state index is 13.1. The molecule has 0 saturated heterocycles. The first-order chi connectivity index (χ1) is 7.10. The zero-order valence-corrected chi connectivity index (χ0v) is 8.84. The SMILES string of the molecule is COc1cc(F)cc(C(=O)CCN)c1C. The van der Waals surface area contributed by atoms with Crippen molar-refractivity contribution < 1.29 is 13.9 Å². The van der Waals surface area contributed by atoms with E-state index in [1.807, 2.05) is 0 Å². The quantitative estimate of drug-likeness (QED) is 0.771. The van der Waals surface area contributed by atoms with Crippen LogP contribution in [0.2, 0.25) is 0 Å². The molecule has 0 aromatic heterocycles. The number of hydrogen-bond donors (Lipinski definition) is 1. The van der Waals surface area contributed by atoms with E-state index in [2.05, 4.69) is 0 Å². The van der Waals surface area contributed by atoms with Gasteiger partial charge in [0.05, 0.1) is 7.11 Å². The first-order valence-corrected chi connectivity index (χ1v) is 4.67. The van der Waals surface area contributed by atoms with E-state index >= 15 is 0 Å². The lowest BCUT2D eigenvalue weighted by Gasteiger charge is -2.09. The van der Waals surface area contributed by atoms with E-state index in [0.717, 1.165) is 0 Å². The molecule has 4 heteroatoms. The minimum atomic E-state index is -0.474. The van der Waals surface area contributed by atoms with Gasteiger partial charge in [0.2, 0.25) is 0 Å². The van der Waals surface area contributed by atoms with E-state index in [0.29, 0.717) is 16.9 Å². The molecule has 0 unspecified atom stereocenters. The van der Waals surface area contributed by atoms with Gasteiger partial charge in [0.15, 0.2) is 5.78 Å². The molecule has 0 aliphatic rings. The molecule has 0 bridgehead atoms. The Morgan fingerprint density at radius 2 is 2.20 bits per heavy atom. The summed E-state index contributed by atoms with van der Waals surface area (Å²) in [7, 11) is 1.44. The third-order valence-electron chi connectivity index (χ3n) is 2.22. The fraction of sp³-hybridized carbons (Fsp3) is 0.364. The summed E-state index contributed by atoms with van der Waals surface area (Å²) in [4.78, 5) is 11.6. The van der Waals surface area contributed by atoms with Crippen LogP contribution in [0.5, 0.6) is 5.75 Å². The molecule has 2 N–H and O–H groups in total. The summed E-state index contributed by atoms with van der Waals surface area (Å²) < 4.78 is 18.1. The number of Topliss-reactive ketones (excluding diaryl/α,β-unsaturated/α-hetero) is 1. The largest absolute Gasteiger partial charge is 0.496 e. The predicted molar refractivity (Wildman–Crippen MR) is 55.7 cm³/mol. The minimum Gasteiger partial charge on any atom is -0.496 e. The Morgan fingerprint density at radius 3 is 2.73 bits per heavy atom. The van der Waals surface area contributed by atoms with Gasteiger partial charge in [-0.25, -0.2) is 4.39 Å². The Morgan fingerprint density at radius 1 is 1.53 bits per heavy atom. The lowest BCUT2D eigenvalue weighted by Crippen LogP contribution is -2.10. The number of nitrogens with two attached hydrogens (primary N) is 1. The van der Waals surface area contributed by atoms with Crippen molar-refractivity contribution >= 4 is 5.78 Å². The molecule has 1 rings (SSSR count). The van der Waals surface area contributed by atoms with Crippen LogP contribution < -0.4 is 10.5 Å². The summed E-state index contributed by atoms with van der Waals surface area (Å²) in [6.07, 6.45) is 0.216. The number of rotatable bonds is 4. The highest BCUT2D eigenvalue weighted by atomic mass is 19.1. The lowest BCUT2D eigenvalue weighted by molar-refractivity contribution is 0.0984. The standard InChI is InChI=1S/C11H14FNO2/c1-7-9(10(14)3-4-13)5-8(12)6-11(7)15-2/h5-6H,3-4,13H2,1-2H3. The number of ketones is 1. The van der Waals surface area contributed by atoms with E-state index in [1.54, 1.807) is 6.92 Å². The average Bonchev–Trinajstić information content (AvgIpc) is 2.21. The van der Waals surface area contributed by atoms with Crippen molar-refractivity contribution in [3.63, 3.8) is 0 Å². The molecule has 0 saturated carbocycles. The minimum absolute atomic E-state index is 0.159. The molecular formula is C11H14FNO2. The maximum Gasteiger partial charge on any atom is 0.164 e. The monoisotopic (exact) mass is 211 g/mol. The second-order valence-electron chi connectivity index (χ2n) is 3.24. The highest BCUT2D eigenvalue weighted by molar-refractivity contribution is 5.98. The first kappa shape index (κ1) is 11.7. The van der Waals surface area contributed by atoms with Gasteiger partial charge in [0.25, 0.3) is 0 Å². The molecule has 0 amide bonds. The van der Waals surface area contributed by atoms with Crippen molar-refractivity contribution in [2.75, 3.05) is 13.7 Å². The third-order valence-corrected chi connectivity index (χ3v) is 2.22. The van der Waals surface area contributed by atoms with E-state index in [-0.39, 0.29) is 18.7 Å². The van der Waals surface area contributed by atoms with Gasteiger partial charge in [-0.15, -0.1) is 0 Å². The number of halogens is 1. The van der Waals surface area contributed by atoms with Crippen molar-refractivity contribution in [2.24, 2.45) is 5.73 Å². The Balaban J connectivity index is 3.17. The van der Waals surface area contributed by atoms with Crippen molar-refractivity contribution in [1.29, 1.82) is 0 Å². The molecule has 3 nitrogen and oxygen atoms in total. The summed E-state index contributed by atoms with van der Waals surface area (Å²) in [5.74, 6) is -0.249. The number of carbonyl (C=O) groups excluding carboxylic acids is 1. The summed E-state index contributed by atoms with van der Waals surface area (Å²) in [6, 6.07) is 2.48. The van der Waals surface area contributed by atoms with Crippen LogP contribution in [0.4, 0.5) is 4.39 Å². The van der Waals surface area contributed by atoms with Gasteiger partial charge in [-0.05, 0) is 19.5 Å². The summed E-state index contributed by atoms with van der Waals surface area (Å²) in [5.41, 5.74) is 6.27. The van der Waals surface area contributed by atoms with Gasteiger partial charge in [-0.3, -0.25) is 4.79 Å². The van der Waals surface area contributed by atoms with Crippen LogP contribution in [-0.2, 0) is 0 Å². The number of ether oxygens (including phenoxy) is 1. The second kappa shape index (κ2) is 4.89. The van der Waals surface area contributed by atoms with Crippen molar-refractivity contribution in [3.05, 3.63) is 29.1 Å². The molecule has 0 atom stereocenters. The first-order valence-electron chi connectivity index (χ1n) is 4.67. The predicted octanol–water partition coefficient (Wildman–Crippen LogP) is 1.67. The number of methoxy groups -OCH3 is 1. The van der Waals surface area contributed by atoms with E-state index in [9.17, 15) is 9.18 Å². The van der Waals surface area contributed by atoms with Crippen LogP contribution in [0, 0.1) is 12.7 Å². The molecule has 0 spiro atoms. The average molecular weight is 211 g/mol. The fourth-order valence-electron chi connectivity index (χ4n) is 1.42. The van der Waals surface area contributed by atoms with Crippen LogP contribution in [0.1, 0.15) is 22.3 Å². The van der Waals surface area contributed by atoms with Gasteiger partial charge < -0.3 is 10.5 Å². The van der Waals surface area contributed by atoms with E-state index in [1.165, 1.54) is 19.2 Å². The molecule has 1 aromatic rings. The summed E-state index contributed by atoms with van der Waals surface area (Å²) >= 11 is 0. The van der Waals surface area contributed by atoms with Gasteiger partial charge >= 0.3 is 0 Å². The highest BCUT2D eigenvalue weighted by Gasteiger charge is 2.13. The molecule has 0 aliphatic heterocycles. The molecule has 0 heterocycles. The smallest absolute Gasteiger partial charge is 0.164 e. The Hall–Kier alpha value is -1.42. The Kier molecular flexibility index (Phi) is 3.80. The van der Waals surface area contributed by atoms with Crippen molar-refractivity contribution in [1.82, 2.24) is 0 Å². The fourth-order valence-corrected chi connectivity index (χ4v) is 1.42. The van der Waals surface area contributed by atoms with Crippen LogP contribution in [0.15, 0.2) is 12.1 Å². The van der Waals surface area contributed by atoms with Gasteiger partial charge in [-0.2, -0.15) is 0 Å². The Labute approximate surface area is 88.0 Å². The van der Waals surface area contributed by atoms with E-state index < -0.39 is 5.82 Å².